The molecule has 0 aliphatic heterocycles. The summed E-state index contributed by atoms with van der Waals surface area (Å²) in [7, 11) is 3.91. The van der Waals surface area contributed by atoms with Crippen LogP contribution in [0.25, 0.3) is 0 Å². The molecule has 1 heterocycles. The summed E-state index contributed by atoms with van der Waals surface area (Å²) >= 11 is 0. The Hall–Kier alpha value is -1.81. The molecule has 1 aromatic heterocycles. The van der Waals surface area contributed by atoms with E-state index in [2.05, 4.69) is 54.4 Å². The standard InChI is InChI=1S/C18H27N3O/c1-14(2)17-11-16(15(3)10-18(17)22-5)12-20(4)8-9-21-7-6-19-13-21/h6-7,10-11,13-14H,8-9,12H2,1-5H3. The molecule has 4 nitrogen and oxygen atoms in total. The molecule has 0 atom stereocenters. The fourth-order valence-corrected chi connectivity index (χ4v) is 2.62. The van der Waals surface area contributed by atoms with E-state index in [0.717, 1.165) is 25.4 Å². The maximum atomic E-state index is 5.52. The maximum absolute atomic E-state index is 5.52. The third kappa shape index (κ3) is 4.10. The summed E-state index contributed by atoms with van der Waals surface area (Å²) < 4.78 is 7.63. The SMILES string of the molecule is COc1cc(C)c(CN(C)CCn2ccnc2)cc1C(C)C. The summed E-state index contributed by atoms with van der Waals surface area (Å²) in [6.45, 7) is 9.48. The van der Waals surface area contributed by atoms with E-state index >= 15 is 0 Å². The number of benzene rings is 1. The van der Waals surface area contributed by atoms with Gasteiger partial charge in [-0.2, -0.15) is 0 Å². The van der Waals surface area contributed by atoms with Gasteiger partial charge in [-0.05, 0) is 42.6 Å². The van der Waals surface area contributed by atoms with Gasteiger partial charge in [-0.15, -0.1) is 0 Å². The molecule has 0 fully saturated rings. The number of nitrogens with zero attached hydrogens (tertiary/aromatic N) is 3. The Kier molecular flexibility index (Phi) is 5.61. The second-order valence-corrected chi connectivity index (χ2v) is 6.21. The number of hydrogen-bond acceptors (Lipinski definition) is 3. The van der Waals surface area contributed by atoms with Crippen LogP contribution >= 0.6 is 0 Å². The Labute approximate surface area is 133 Å². The number of ether oxygens (including phenoxy) is 1. The average molecular weight is 301 g/mol. The van der Waals surface area contributed by atoms with Gasteiger partial charge in [0.1, 0.15) is 5.75 Å². The Morgan fingerprint density at radius 3 is 2.68 bits per heavy atom. The molecule has 0 saturated heterocycles. The molecule has 0 unspecified atom stereocenters. The number of aromatic nitrogens is 2. The van der Waals surface area contributed by atoms with E-state index in [1.54, 1.807) is 7.11 Å². The molecule has 22 heavy (non-hydrogen) atoms. The molecule has 0 amide bonds. The van der Waals surface area contributed by atoms with Crippen molar-refractivity contribution in [2.24, 2.45) is 0 Å². The molecule has 2 rings (SSSR count). The van der Waals surface area contributed by atoms with Crippen LogP contribution in [-0.4, -0.2) is 35.2 Å². The van der Waals surface area contributed by atoms with Crippen molar-refractivity contribution in [3.63, 3.8) is 0 Å². The molecule has 1 aromatic carbocycles. The van der Waals surface area contributed by atoms with Gasteiger partial charge >= 0.3 is 0 Å². The average Bonchev–Trinajstić information content (AvgIpc) is 3.00. The number of imidazole rings is 1. The lowest BCUT2D eigenvalue weighted by molar-refractivity contribution is 0.310. The largest absolute Gasteiger partial charge is 0.496 e. The van der Waals surface area contributed by atoms with Gasteiger partial charge in [-0.1, -0.05) is 19.9 Å². The minimum Gasteiger partial charge on any atom is -0.496 e. The van der Waals surface area contributed by atoms with E-state index in [1.165, 1.54) is 16.7 Å². The molecule has 0 saturated carbocycles. The minimum atomic E-state index is 0.463. The summed E-state index contributed by atoms with van der Waals surface area (Å²) in [5, 5.41) is 0. The second kappa shape index (κ2) is 7.45. The van der Waals surface area contributed by atoms with Crippen molar-refractivity contribution in [2.75, 3.05) is 20.7 Å². The van der Waals surface area contributed by atoms with Gasteiger partial charge in [0.05, 0.1) is 13.4 Å². The summed E-state index contributed by atoms with van der Waals surface area (Å²) in [5.41, 5.74) is 3.94. The van der Waals surface area contributed by atoms with Crippen molar-refractivity contribution in [3.8, 4) is 5.75 Å². The van der Waals surface area contributed by atoms with Crippen LogP contribution in [-0.2, 0) is 13.1 Å². The van der Waals surface area contributed by atoms with E-state index in [0.29, 0.717) is 5.92 Å². The van der Waals surface area contributed by atoms with Gasteiger partial charge < -0.3 is 14.2 Å². The number of likely N-dealkylation sites (N-methyl/N-ethyl adjacent to an activating group) is 1. The van der Waals surface area contributed by atoms with Gasteiger partial charge in [0.2, 0.25) is 0 Å². The number of methoxy groups -OCH3 is 1. The first-order chi connectivity index (χ1) is 10.5. The van der Waals surface area contributed by atoms with Gasteiger partial charge in [-0.25, -0.2) is 4.98 Å². The zero-order valence-corrected chi connectivity index (χ0v) is 14.3. The molecule has 0 radical (unpaired) electrons. The summed E-state index contributed by atoms with van der Waals surface area (Å²) in [6.07, 6.45) is 5.69. The lowest BCUT2D eigenvalue weighted by Gasteiger charge is -2.21. The third-order valence-corrected chi connectivity index (χ3v) is 4.05. The van der Waals surface area contributed by atoms with E-state index < -0.39 is 0 Å². The van der Waals surface area contributed by atoms with Crippen LogP contribution < -0.4 is 4.74 Å². The predicted octanol–water partition coefficient (Wildman–Crippen LogP) is 3.46. The fourth-order valence-electron chi connectivity index (χ4n) is 2.62. The fraction of sp³-hybridized carbons (Fsp3) is 0.500. The van der Waals surface area contributed by atoms with Crippen molar-refractivity contribution in [2.45, 2.75) is 39.8 Å². The molecule has 0 spiro atoms. The molecule has 120 valence electrons. The zero-order chi connectivity index (χ0) is 16.1. The van der Waals surface area contributed by atoms with Crippen LogP contribution in [0.4, 0.5) is 0 Å². The van der Waals surface area contributed by atoms with E-state index in [-0.39, 0.29) is 0 Å². The lowest BCUT2D eigenvalue weighted by Crippen LogP contribution is -2.23. The number of hydrogen-bond donors (Lipinski definition) is 0. The summed E-state index contributed by atoms with van der Waals surface area (Å²) in [5.74, 6) is 1.46. The van der Waals surface area contributed by atoms with Crippen LogP contribution in [0.3, 0.4) is 0 Å². The predicted molar refractivity (Wildman–Crippen MR) is 90.4 cm³/mol. The summed E-state index contributed by atoms with van der Waals surface area (Å²) in [4.78, 5) is 6.43. The molecular weight excluding hydrogens is 274 g/mol. The second-order valence-electron chi connectivity index (χ2n) is 6.21. The first-order valence-electron chi connectivity index (χ1n) is 7.83. The number of aryl methyl sites for hydroxylation is 1. The molecule has 4 heteroatoms. The van der Waals surface area contributed by atoms with Crippen molar-refractivity contribution in [3.05, 3.63) is 47.5 Å². The smallest absolute Gasteiger partial charge is 0.122 e. The van der Waals surface area contributed by atoms with Crippen molar-refractivity contribution < 1.29 is 4.74 Å². The normalized spacial score (nSPS) is 11.4. The zero-order valence-electron chi connectivity index (χ0n) is 14.3. The van der Waals surface area contributed by atoms with Gasteiger partial charge in [0.25, 0.3) is 0 Å². The Morgan fingerprint density at radius 2 is 2.09 bits per heavy atom. The van der Waals surface area contributed by atoms with E-state index in [1.807, 2.05) is 18.7 Å². The Balaban J connectivity index is 2.06. The molecule has 0 aliphatic rings. The monoisotopic (exact) mass is 301 g/mol. The van der Waals surface area contributed by atoms with Gasteiger partial charge in [-0.3, -0.25) is 0 Å². The van der Waals surface area contributed by atoms with E-state index in [4.69, 9.17) is 4.74 Å². The summed E-state index contributed by atoms with van der Waals surface area (Å²) in [6, 6.07) is 4.46. The highest BCUT2D eigenvalue weighted by Crippen LogP contribution is 2.30. The maximum Gasteiger partial charge on any atom is 0.122 e. The lowest BCUT2D eigenvalue weighted by atomic mass is 9.96. The molecule has 2 aromatic rings. The first kappa shape index (κ1) is 16.6. The molecule has 0 aliphatic carbocycles. The van der Waals surface area contributed by atoms with Crippen LogP contribution in [0.1, 0.15) is 36.5 Å². The van der Waals surface area contributed by atoms with Crippen LogP contribution in [0.15, 0.2) is 30.9 Å². The number of rotatable bonds is 7. The van der Waals surface area contributed by atoms with Crippen molar-refractivity contribution in [1.29, 1.82) is 0 Å². The van der Waals surface area contributed by atoms with Gasteiger partial charge in [0.15, 0.2) is 0 Å². The highest BCUT2D eigenvalue weighted by molar-refractivity contribution is 5.43. The Bertz CT molecular complexity index is 591. The quantitative estimate of drug-likeness (QED) is 0.784. The molecular formula is C18H27N3O. The molecule has 0 N–H and O–H groups in total. The highest BCUT2D eigenvalue weighted by atomic mass is 16.5. The van der Waals surface area contributed by atoms with Crippen molar-refractivity contribution >= 4 is 0 Å². The minimum absolute atomic E-state index is 0.463. The van der Waals surface area contributed by atoms with E-state index in [9.17, 15) is 0 Å². The van der Waals surface area contributed by atoms with Crippen LogP contribution in [0, 0.1) is 6.92 Å². The highest BCUT2D eigenvalue weighted by Gasteiger charge is 2.12. The topological polar surface area (TPSA) is 30.3 Å². The first-order valence-corrected chi connectivity index (χ1v) is 7.83. The third-order valence-electron chi connectivity index (χ3n) is 4.05. The van der Waals surface area contributed by atoms with Crippen LogP contribution in [0.2, 0.25) is 0 Å². The van der Waals surface area contributed by atoms with Crippen molar-refractivity contribution in [1.82, 2.24) is 14.5 Å². The van der Waals surface area contributed by atoms with Gasteiger partial charge in [0, 0.05) is 32.0 Å². The molecule has 0 bridgehead atoms. The Morgan fingerprint density at radius 1 is 1.32 bits per heavy atom. The van der Waals surface area contributed by atoms with Crippen LogP contribution in [0.5, 0.6) is 5.75 Å².